The van der Waals surface area contributed by atoms with Crippen LogP contribution in [0.1, 0.15) is 50.0 Å². The molecule has 2 heterocycles. The van der Waals surface area contributed by atoms with Gasteiger partial charge in [-0.25, -0.2) is 12.8 Å². The highest BCUT2D eigenvalue weighted by Gasteiger charge is 2.31. The number of hydrogen-bond acceptors (Lipinski definition) is 6. The Balaban J connectivity index is 1.49. The minimum atomic E-state index is -3.60. The molecule has 2 aliphatic rings. The van der Waals surface area contributed by atoms with Crippen LogP contribution in [0.25, 0.3) is 11.1 Å². The summed E-state index contributed by atoms with van der Waals surface area (Å²) in [5.41, 5.74) is 3.29. The molecule has 212 valence electrons. The molecule has 1 saturated heterocycles. The lowest BCUT2D eigenvalue weighted by atomic mass is 9.86. The Morgan fingerprint density at radius 1 is 1.18 bits per heavy atom. The number of sulfone groups is 1. The van der Waals surface area contributed by atoms with E-state index in [1.807, 2.05) is 31.2 Å². The van der Waals surface area contributed by atoms with Gasteiger partial charge >= 0.3 is 0 Å². The number of rotatable bonds is 7. The molecule has 3 aromatic carbocycles. The second-order valence-corrected chi connectivity index (χ2v) is 13.3. The largest absolute Gasteiger partial charge is 0.505 e. The van der Waals surface area contributed by atoms with Gasteiger partial charge in [-0.15, -0.1) is 0 Å². The summed E-state index contributed by atoms with van der Waals surface area (Å²) < 4.78 is 51.6. The number of benzene rings is 3. The fourth-order valence-corrected chi connectivity index (χ4v) is 6.75. The Bertz CT molecular complexity index is 1570. The molecule has 3 atom stereocenters. The average molecular weight is 586 g/mol. The van der Waals surface area contributed by atoms with E-state index >= 15 is 0 Å². The molecule has 1 N–H and O–H groups in total. The molecule has 2 aliphatic heterocycles. The topological polar surface area (TPSA) is 76.1 Å². The van der Waals surface area contributed by atoms with E-state index in [1.165, 1.54) is 24.6 Å². The molecule has 0 spiro atoms. The van der Waals surface area contributed by atoms with E-state index in [1.54, 1.807) is 12.1 Å². The normalized spacial score (nSPS) is 20.2. The molecule has 0 saturated carbocycles. The lowest BCUT2D eigenvalue weighted by molar-refractivity contribution is 0.169. The molecule has 6 nitrogen and oxygen atoms in total. The van der Waals surface area contributed by atoms with E-state index < -0.39 is 27.5 Å². The van der Waals surface area contributed by atoms with Gasteiger partial charge in [0, 0.05) is 36.0 Å². The van der Waals surface area contributed by atoms with Gasteiger partial charge in [0.1, 0.15) is 24.2 Å². The van der Waals surface area contributed by atoms with Gasteiger partial charge in [-0.3, -0.25) is 4.90 Å². The van der Waals surface area contributed by atoms with E-state index in [0.29, 0.717) is 35.3 Å². The zero-order valence-electron chi connectivity index (χ0n) is 22.9. The van der Waals surface area contributed by atoms with Crippen LogP contribution in [0, 0.1) is 11.7 Å². The minimum absolute atomic E-state index is 0.00345. The third kappa shape index (κ3) is 5.71. The number of aromatic hydroxyl groups is 1. The summed E-state index contributed by atoms with van der Waals surface area (Å²) in [6.07, 6.45) is 1.64. The zero-order valence-corrected chi connectivity index (χ0v) is 24.5. The van der Waals surface area contributed by atoms with Crippen molar-refractivity contribution in [3.05, 3.63) is 82.1 Å². The number of phenolic OH excluding ortho intramolecular Hbond substituents is 1. The van der Waals surface area contributed by atoms with Gasteiger partial charge in [-0.05, 0) is 79.8 Å². The highest BCUT2D eigenvalue weighted by molar-refractivity contribution is 7.90. The second-order valence-electron chi connectivity index (χ2n) is 10.9. The van der Waals surface area contributed by atoms with E-state index in [4.69, 9.17) is 21.1 Å². The Hall–Kier alpha value is -3.07. The first-order chi connectivity index (χ1) is 18.9. The number of halogens is 2. The Kier molecular flexibility index (Phi) is 7.88. The van der Waals surface area contributed by atoms with Gasteiger partial charge in [-0.1, -0.05) is 36.7 Å². The number of nitrogens with zero attached hydrogens (tertiary/aromatic N) is 1. The highest BCUT2D eigenvalue weighted by Crippen LogP contribution is 2.48. The van der Waals surface area contributed by atoms with Crippen LogP contribution in [0.15, 0.2) is 59.5 Å². The van der Waals surface area contributed by atoms with Crippen LogP contribution in [0.3, 0.4) is 0 Å². The molecule has 9 heteroatoms. The first kappa shape index (κ1) is 28.5. The van der Waals surface area contributed by atoms with Crippen LogP contribution < -0.4 is 9.47 Å². The van der Waals surface area contributed by atoms with Gasteiger partial charge in [0.25, 0.3) is 0 Å². The molecule has 0 bridgehead atoms. The molecule has 40 heavy (non-hydrogen) atoms. The van der Waals surface area contributed by atoms with Gasteiger partial charge in [0.15, 0.2) is 21.4 Å². The van der Waals surface area contributed by atoms with Crippen molar-refractivity contribution in [3.8, 4) is 17.2 Å². The Morgan fingerprint density at radius 2 is 1.90 bits per heavy atom. The Labute approximate surface area is 239 Å². The van der Waals surface area contributed by atoms with Gasteiger partial charge in [0.05, 0.1) is 9.92 Å². The molecular formula is C31H33ClFNO5S. The standard InChI is InChI=1S/C31H33ClFNO5S/c1-18-11-12-34(16-18)19(2)17-38-23-8-5-21(6-9-23)31-30(22-7-10-25(32)29(13-22)40(4,36)37)20(3)24-14-27(35)26(33)15-28(24)39-31/h5-10,13-15,18-19,31,35H,11-12,16-17H2,1-4H3/t18-,19+,31?/m1/s1. The number of phenols is 1. The van der Waals surface area contributed by atoms with E-state index in [0.717, 1.165) is 36.2 Å². The maximum Gasteiger partial charge on any atom is 0.177 e. The summed E-state index contributed by atoms with van der Waals surface area (Å²) >= 11 is 6.23. The summed E-state index contributed by atoms with van der Waals surface area (Å²) in [5.74, 6) is 0.437. The number of allylic oxidation sites excluding steroid dienone is 1. The lowest BCUT2D eigenvalue weighted by Gasteiger charge is -2.31. The number of likely N-dealkylation sites (tertiary alicyclic amines) is 1. The van der Waals surface area contributed by atoms with Crippen molar-refractivity contribution < 1.29 is 27.4 Å². The van der Waals surface area contributed by atoms with E-state index in [9.17, 15) is 17.9 Å². The number of hydrogen-bond donors (Lipinski definition) is 1. The van der Waals surface area contributed by atoms with Crippen LogP contribution >= 0.6 is 11.6 Å². The monoisotopic (exact) mass is 585 g/mol. The third-order valence-electron chi connectivity index (χ3n) is 7.76. The molecule has 0 aliphatic carbocycles. The summed E-state index contributed by atoms with van der Waals surface area (Å²) in [6.45, 7) is 9.03. The van der Waals surface area contributed by atoms with Crippen molar-refractivity contribution in [3.63, 3.8) is 0 Å². The van der Waals surface area contributed by atoms with Crippen molar-refractivity contribution in [1.29, 1.82) is 0 Å². The van der Waals surface area contributed by atoms with E-state index in [2.05, 4.69) is 18.7 Å². The molecule has 0 amide bonds. The van der Waals surface area contributed by atoms with Crippen LogP contribution in [0.4, 0.5) is 4.39 Å². The summed E-state index contributed by atoms with van der Waals surface area (Å²) in [5, 5.41) is 10.2. The minimum Gasteiger partial charge on any atom is -0.505 e. The number of ether oxygens (including phenoxy) is 2. The van der Waals surface area contributed by atoms with Crippen LogP contribution in [-0.4, -0.2) is 50.4 Å². The third-order valence-corrected chi connectivity index (χ3v) is 9.34. The molecular weight excluding hydrogens is 553 g/mol. The van der Waals surface area contributed by atoms with Crippen molar-refractivity contribution in [2.75, 3.05) is 26.0 Å². The van der Waals surface area contributed by atoms with E-state index in [-0.39, 0.29) is 15.7 Å². The number of fused-ring (bicyclic) bond motifs is 1. The molecule has 5 rings (SSSR count). The van der Waals surface area contributed by atoms with Crippen molar-refractivity contribution in [2.24, 2.45) is 5.92 Å². The summed E-state index contributed by atoms with van der Waals surface area (Å²) in [4.78, 5) is 2.45. The fraction of sp³-hybridized carbons (Fsp3) is 0.355. The first-order valence-corrected chi connectivity index (χ1v) is 15.6. The summed E-state index contributed by atoms with van der Waals surface area (Å²) in [6, 6.07) is 15.1. The van der Waals surface area contributed by atoms with Gasteiger partial charge in [0.2, 0.25) is 0 Å². The van der Waals surface area contributed by atoms with Crippen LogP contribution in [-0.2, 0) is 9.84 Å². The summed E-state index contributed by atoms with van der Waals surface area (Å²) in [7, 11) is -3.60. The molecule has 1 unspecified atom stereocenters. The first-order valence-electron chi connectivity index (χ1n) is 13.3. The Morgan fingerprint density at radius 3 is 2.55 bits per heavy atom. The zero-order chi connectivity index (χ0) is 28.8. The predicted molar refractivity (Wildman–Crippen MR) is 155 cm³/mol. The van der Waals surface area contributed by atoms with Crippen molar-refractivity contribution in [2.45, 2.75) is 44.2 Å². The van der Waals surface area contributed by atoms with Gasteiger partial charge in [-0.2, -0.15) is 0 Å². The predicted octanol–water partition coefficient (Wildman–Crippen LogP) is 6.76. The van der Waals surface area contributed by atoms with Crippen LogP contribution in [0.2, 0.25) is 5.02 Å². The maximum atomic E-state index is 14.3. The van der Waals surface area contributed by atoms with Crippen LogP contribution in [0.5, 0.6) is 17.2 Å². The molecule has 0 radical (unpaired) electrons. The van der Waals surface area contributed by atoms with Gasteiger partial charge < -0.3 is 14.6 Å². The molecule has 3 aromatic rings. The molecule has 0 aromatic heterocycles. The fourth-order valence-electron chi connectivity index (χ4n) is 5.45. The van der Waals surface area contributed by atoms with Crippen molar-refractivity contribution in [1.82, 2.24) is 4.90 Å². The highest BCUT2D eigenvalue weighted by atomic mass is 35.5. The average Bonchev–Trinajstić information content (AvgIpc) is 3.35. The lowest BCUT2D eigenvalue weighted by Crippen LogP contribution is -2.35. The smallest absolute Gasteiger partial charge is 0.177 e. The second kappa shape index (κ2) is 11.1. The van der Waals surface area contributed by atoms with Crippen molar-refractivity contribution >= 4 is 32.6 Å². The SMILES string of the molecule is CC1=C(c2ccc(Cl)c(S(C)(=O)=O)c2)C(c2ccc(OC[C@H](C)N3CC[C@@H](C)C3)cc2)Oc2cc(F)c(O)cc21. The maximum absolute atomic E-state index is 14.3. The molecule has 1 fully saturated rings. The quantitative estimate of drug-likeness (QED) is 0.330.